The van der Waals surface area contributed by atoms with E-state index < -0.39 is 11.8 Å². The molecular weight excluding hydrogens is 482 g/mol. The quantitative estimate of drug-likeness (QED) is 0.281. The number of carbonyl (C=O) groups excluding carboxylic acids is 2. The molecule has 3 aromatic carbocycles. The van der Waals surface area contributed by atoms with E-state index >= 15 is 0 Å². The first-order chi connectivity index (χ1) is 14.9. The third-order valence-corrected chi connectivity index (χ3v) is 5.26. The van der Waals surface area contributed by atoms with Crippen LogP contribution >= 0.6 is 27.5 Å². The van der Waals surface area contributed by atoms with E-state index in [1.165, 1.54) is 6.21 Å². The van der Waals surface area contributed by atoms with Gasteiger partial charge in [-0.3, -0.25) is 9.59 Å². The van der Waals surface area contributed by atoms with Crippen molar-refractivity contribution in [2.75, 3.05) is 5.32 Å². The average Bonchev–Trinajstić information content (AvgIpc) is 2.77. The van der Waals surface area contributed by atoms with E-state index in [9.17, 15) is 9.59 Å². The van der Waals surface area contributed by atoms with Crippen LogP contribution in [-0.2, 0) is 16.2 Å². The van der Waals surface area contributed by atoms with Gasteiger partial charge in [0.25, 0.3) is 0 Å². The Kier molecular flexibility index (Phi) is 7.81. The first kappa shape index (κ1) is 22.5. The van der Waals surface area contributed by atoms with Crippen LogP contribution in [0, 0.1) is 6.92 Å². The Morgan fingerprint density at radius 2 is 1.77 bits per heavy atom. The Morgan fingerprint density at radius 3 is 2.55 bits per heavy atom. The average molecular weight is 501 g/mol. The zero-order chi connectivity index (χ0) is 22.2. The molecule has 0 aliphatic carbocycles. The lowest BCUT2D eigenvalue weighted by atomic mass is 10.2. The van der Waals surface area contributed by atoms with Crippen LogP contribution in [-0.4, -0.2) is 18.0 Å². The number of hydrogen-bond donors (Lipinski definition) is 2. The molecule has 6 nitrogen and oxygen atoms in total. The maximum absolute atomic E-state index is 12.1. The third kappa shape index (κ3) is 6.41. The summed E-state index contributed by atoms with van der Waals surface area (Å²) in [5.74, 6) is -1.14. The maximum atomic E-state index is 12.1. The monoisotopic (exact) mass is 499 g/mol. The molecule has 158 valence electrons. The van der Waals surface area contributed by atoms with Crippen LogP contribution < -0.4 is 15.5 Å². The molecule has 8 heteroatoms. The molecule has 0 saturated heterocycles. The summed E-state index contributed by atoms with van der Waals surface area (Å²) in [5.41, 5.74) is 5.02. The molecule has 2 amide bonds. The molecular formula is C23H19BrClN3O3. The molecule has 0 unspecified atom stereocenters. The molecule has 0 atom stereocenters. The van der Waals surface area contributed by atoms with Gasteiger partial charge in [-0.2, -0.15) is 5.10 Å². The van der Waals surface area contributed by atoms with Crippen LogP contribution in [0.4, 0.5) is 5.69 Å². The van der Waals surface area contributed by atoms with Gasteiger partial charge in [-0.15, -0.1) is 0 Å². The van der Waals surface area contributed by atoms with Crippen molar-refractivity contribution in [1.82, 2.24) is 5.43 Å². The lowest BCUT2D eigenvalue weighted by Gasteiger charge is -2.09. The van der Waals surface area contributed by atoms with Crippen molar-refractivity contribution in [3.63, 3.8) is 0 Å². The van der Waals surface area contributed by atoms with Crippen molar-refractivity contribution in [3.8, 4) is 5.75 Å². The summed E-state index contributed by atoms with van der Waals surface area (Å²) in [6.07, 6.45) is 1.42. The normalized spacial score (nSPS) is 10.7. The van der Waals surface area contributed by atoms with Crippen molar-refractivity contribution in [3.05, 3.63) is 92.9 Å². The second-order valence-electron chi connectivity index (χ2n) is 6.52. The molecule has 0 aliphatic rings. The number of hydrazone groups is 1. The van der Waals surface area contributed by atoms with Crippen LogP contribution in [0.3, 0.4) is 0 Å². The Labute approximate surface area is 193 Å². The van der Waals surface area contributed by atoms with Crippen LogP contribution in [0.25, 0.3) is 0 Å². The predicted octanol–water partition coefficient (Wildman–Crippen LogP) is 5.08. The highest BCUT2D eigenvalue weighted by Crippen LogP contribution is 2.23. The van der Waals surface area contributed by atoms with Crippen LogP contribution in [0.15, 0.2) is 76.3 Å². The Hall–Kier alpha value is -3.16. The molecule has 0 radical (unpaired) electrons. The fourth-order valence-corrected chi connectivity index (χ4v) is 3.03. The van der Waals surface area contributed by atoms with E-state index in [1.807, 2.05) is 36.4 Å². The molecule has 3 rings (SSSR count). The van der Waals surface area contributed by atoms with Gasteiger partial charge >= 0.3 is 11.8 Å². The van der Waals surface area contributed by atoms with Gasteiger partial charge < -0.3 is 10.1 Å². The SMILES string of the molecule is Cc1c(Cl)cccc1NC(=O)C(=O)N/N=C/c1ccccc1OCc1ccc(Br)cc1. The number of nitrogens with zero attached hydrogens (tertiary/aromatic N) is 1. The number of anilines is 1. The highest BCUT2D eigenvalue weighted by atomic mass is 79.9. The molecule has 3 aromatic rings. The summed E-state index contributed by atoms with van der Waals surface area (Å²) < 4.78 is 6.85. The molecule has 0 aromatic heterocycles. The van der Waals surface area contributed by atoms with Crippen LogP contribution in [0.1, 0.15) is 16.7 Å². The molecule has 0 saturated carbocycles. The largest absolute Gasteiger partial charge is 0.488 e. The van der Waals surface area contributed by atoms with E-state index in [0.29, 0.717) is 34.2 Å². The smallest absolute Gasteiger partial charge is 0.329 e. The second kappa shape index (κ2) is 10.7. The zero-order valence-electron chi connectivity index (χ0n) is 16.6. The molecule has 2 N–H and O–H groups in total. The third-order valence-electron chi connectivity index (χ3n) is 4.32. The number of amides is 2. The Morgan fingerprint density at radius 1 is 1.03 bits per heavy atom. The summed E-state index contributed by atoms with van der Waals surface area (Å²) in [5, 5.41) is 6.89. The highest BCUT2D eigenvalue weighted by Gasteiger charge is 2.14. The van der Waals surface area contributed by atoms with Gasteiger partial charge in [0.05, 0.1) is 6.21 Å². The van der Waals surface area contributed by atoms with Crippen molar-refractivity contribution < 1.29 is 14.3 Å². The standard InChI is InChI=1S/C23H19BrClN3O3/c1-15-19(25)6-4-7-20(15)27-22(29)23(30)28-26-13-17-5-2-3-8-21(17)31-14-16-9-11-18(24)12-10-16/h2-13H,14H2,1H3,(H,27,29)(H,28,30)/b26-13+. The highest BCUT2D eigenvalue weighted by molar-refractivity contribution is 9.10. The number of rotatable bonds is 6. The van der Waals surface area contributed by atoms with Crippen molar-refractivity contribution in [1.29, 1.82) is 0 Å². The first-order valence-corrected chi connectivity index (χ1v) is 10.5. The lowest BCUT2D eigenvalue weighted by molar-refractivity contribution is -0.136. The van der Waals surface area contributed by atoms with Gasteiger partial charge in [-0.25, -0.2) is 5.43 Å². The summed E-state index contributed by atoms with van der Waals surface area (Å²) >= 11 is 9.43. The summed E-state index contributed by atoms with van der Waals surface area (Å²) in [6, 6.07) is 20.1. The van der Waals surface area contributed by atoms with Gasteiger partial charge in [0.1, 0.15) is 12.4 Å². The van der Waals surface area contributed by atoms with Crippen LogP contribution in [0.5, 0.6) is 5.75 Å². The number of nitrogens with one attached hydrogen (secondary N) is 2. The minimum Gasteiger partial charge on any atom is -0.488 e. The van der Waals surface area contributed by atoms with E-state index in [4.69, 9.17) is 16.3 Å². The fraction of sp³-hybridized carbons (Fsp3) is 0.0870. The van der Waals surface area contributed by atoms with Gasteiger partial charge in [0.2, 0.25) is 0 Å². The molecule has 31 heavy (non-hydrogen) atoms. The number of halogens is 2. The van der Waals surface area contributed by atoms with E-state index in [1.54, 1.807) is 37.3 Å². The van der Waals surface area contributed by atoms with Gasteiger partial charge in [0, 0.05) is 20.7 Å². The van der Waals surface area contributed by atoms with Crippen molar-refractivity contribution in [2.45, 2.75) is 13.5 Å². The molecule has 0 aliphatic heterocycles. The van der Waals surface area contributed by atoms with E-state index in [0.717, 1.165) is 10.0 Å². The molecule has 0 bridgehead atoms. The maximum Gasteiger partial charge on any atom is 0.329 e. The zero-order valence-corrected chi connectivity index (χ0v) is 18.9. The number of benzene rings is 3. The van der Waals surface area contributed by atoms with Crippen molar-refractivity contribution >= 4 is 51.2 Å². The number of carbonyl (C=O) groups is 2. The van der Waals surface area contributed by atoms with Crippen LogP contribution in [0.2, 0.25) is 5.02 Å². The molecule has 0 spiro atoms. The predicted molar refractivity (Wildman–Crippen MR) is 125 cm³/mol. The number of para-hydroxylation sites is 1. The Balaban J connectivity index is 1.58. The number of hydrogen-bond acceptors (Lipinski definition) is 4. The van der Waals surface area contributed by atoms with E-state index in [-0.39, 0.29) is 0 Å². The number of ether oxygens (including phenoxy) is 1. The fourth-order valence-electron chi connectivity index (χ4n) is 2.59. The first-order valence-electron chi connectivity index (χ1n) is 9.30. The van der Waals surface area contributed by atoms with Gasteiger partial charge in [-0.05, 0) is 54.4 Å². The summed E-state index contributed by atoms with van der Waals surface area (Å²) in [4.78, 5) is 24.2. The second-order valence-corrected chi connectivity index (χ2v) is 7.84. The summed E-state index contributed by atoms with van der Waals surface area (Å²) in [7, 11) is 0. The Bertz CT molecular complexity index is 1120. The lowest BCUT2D eigenvalue weighted by Crippen LogP contribution is -2.32. The topological polar surface area (TPSA) is 79.8 Å². The van der Waals surface area contributed by atoms with E-state index in [2.05, 4.69) is 31.8 Å². The van der Waals surface area contributed by atoms with Gasteiger partial charge in [-0.1, -0.05) is 57.9 Å². The molecule has 0 heterocycles. The molecule has 0 fully saturated rings. The minimum absolute atomic E-state index is 0.381. The van der Waals surface area contributed by atoms with Gasteiger partial charge in [0.15, 0.2) is 0 Å². The minimum atomic E-state index is -0.899. The van der Waals surface area contributed by atoms with Crippen molar-refractivity contribution in [2.24, 2.45) is 5.10 Å². The summed E-state index contributed by atoms with van der Waals surface area (Å²) in [6.45, 7) is 2.13.